The molecule has 0 unspecified atom stereocenters. The number of carbonyl (C=O) groups is 2. The molecule has 23 heavy (non-hydrogen) atoms. The lowest BCUT2D eigenvalue weighted by atomic mass is 9.89. The maximum Gasteiger partial charge on any atom is 0.254 e. The summed E-state index contributed by atoms with van der Waals surface area (Å²) in [5.41, 5.74) is 0.529. The summed E-state index contributed by atoms with van der Waals surface area (Å²) < 4.78 is 5.18. The molecule has 124 valence electrons. The number of hydrogen-bond acceptors (Lipinski definition) is 3. The minimum absolute atomic E-state index is 0.0614. The van der Waals surface area contributed by atoms with Gasteiger partial charge in [-0.05, 0) is 42.9 Å². The molecule has 0 aromatic heterocycles. The first-order valence-electron chi connectivity index (χ1n) is 7.86. The van der Waals surface area contributed by atoms with Crippen molar-refractivity contribution in [1.29, 1.82) is 0 Å². The molecule has 1 heterocycles. The Morgan fingerprint density at radius 2 is 2.04 bits per heavy atom. The molecule has 2 aliphatic rings. The Kier molecular flexibility index (Phi) is 4.48. The molecule has 6 heteroatoms. The van der Waals surface area contributed by atoms with Crippen molar-refractivity contribution in [2.24, 2.45) is 11.8 Å². The number of benzene rings is 1. The Hall–Kier alpha value is -1.75. The van der Waals surface area contributed by atoms with Gasteiger partial charge in [-0.3, -0.25) is 9.59 Å². The summed E-state index contributed by atoms with van der Waals surface area (Å²) in [4.78, 5) is 26.1. The lowest BCUT2D eigenvalue weighted by molar-refractivity contribution is -0.124. The molecule has 2 amide bonds. The van der Waals surface area contributed by atoms with Gasteiger partial charge < -0.3 is 15.0 Å². The predicted molar refractivity (Wildman–Crippen MR) is 87.7 cm³/mol. The average molecular weight is 337 g/mol. The SMILES string of the molecule is COc1cc(Cl)cc(C(=O)N(C)[C@H]2C[C@H]3CNC(=O)C[C@H]3C2)c1. The zero-order valence-corrected chi connectivity index (χ0v) is 14.1. The highest BCUT2D eigenvalue weighted by Crippen LogP contribution is 2.38. The molecule has 0 radical (unpaired) electrons. The number of ether oxygens (including phenoxy) is 1. The lowest BCUT2D eigenvalue weighted by Crippen LogP contribution is -2.38. The molecule has 2 fully saturated rings. The highest BCUT2D eigenvalue weighted by molar-refractivity contribution is 6.31. The Balaban J connectivity index is 1.73. The van der Waals surface area contributed by atoms with Crippen LogP contribution in [-0.4, -0.2) is 43.5 Å². The Morgan fingerprint density at radius 3 is 2.78 bits per heavy atom. The van der Waals surface area contributed by atoms with Crippen LogP contribution in [-0.2, 0) is 4.79 Å². The van der Waals surface area contributed by atoms with Crippen LogP contribution >= 0.6 is 11.6 Å². The van der Waals surface area contributed by atoms with Crippen LogP contribution in [0.4, 0.5) is 0 Å². The average Bonchev–Trinajstić information content (AvgIpc) is 2.95. The van der Waals surface area contributed by atoms with Crippen LogP contribution in [0.2, 0.25) is 5.02 Å². The summed E-state index contributed by atoms with van der Waals surface area (Å²) in [5, 5.41) is 3.40. The van der Waals surface area contributed by atoms with Gasteiger partial charge in [0.1, 0.15) is 5.75 Å². The Bertz CT molecular complexity index is 634. The smallest absolute Gasteiger partial charge is 0.254 e. The summed E-state index contributed by atoms with van der Waals surface area (Å²) in [6.45, 7) is 0.729. The minimum Gasteiger partial charge on any atom is -0.497 e. The normalized spacial score (nSPS) is 26.4. The van der Waals surface area contributed by atoms with E-state index >= 15 is 0 Å². The molecule has 1 saturated carbocycles. The van der Waals surface area contributed by atoms with Crippen molar-refractivity contribution in [3.63, 3.8) is 0 Å². The first kappa shape index (κ1) is 16.1. The third kappa shape index (κ3) is 3.29. The second-order valence-electron chi connectivity index (χ2n) is 6.45. The second kappa shape index (κ2) is 6.40. The van der Waals surface area contributed by atoms with Gasteiger partial charge in [-0.2, -0.15) is 0 Å². The van der Waals surface area contributed by atoms with Crippen molar-refractivity contribution < 1.29 is 14.3 Å². The van der Waals surface area contributed by atoms with E-state index in [2.05, 4.69) is 5.32 Å². The number of nitrogens with zero attached hydrogens (tertiary/aromatic N) is 1. The quantitative estimate of drug-likeness (QED) is 0.921. The van der Waals surface area contributed by atoms with E-state index in [-0.39, 0.29) is 17.9 Å². The fraction of sp³-hybridized carbons (Fsp3) is 0.529. The number of fused-ring (bicyclic) bond motifs is 1. The van der Waals surface area contributed by atoms with E-state index in [1.807, 2.05) is 7.05 Å². The molecule has 3 rings (SSSR count). The maximum atomic E-state index is 12.8. The predicted octanol–water partition coefficient (Wildman–Crippen LogP) is 2.34. The van der Waals surface area contributed by atoms with Crippen LogP contribution in [0.15, 0.2) is 18.2 Å². The molecule has 1 aromatic carbocycles. The molecule has 1 N–H and O–H groups in total. The number of methoxy groups -OCH3 is 1. The van der Waals surface area contributed by atoms with Crippen LogP contribution in [0.3, 0.4) is 0 Å². The fourth-order valence-electron chi connectivity index (χ4n) is 3.73. The number of halogens is 1. The zero-order valence-electron chi connectivity index (χ0n) is 13.3. The first-order chi connectivity index (χ1) is 11.0. The zero-order chi connectivity index (χ0) is 16.6. The van der Waals surface area contributed by atoms with E-state index in [4.69, 9.17) is 16.3 Å². The number of carbonyl (C=O) groups excluding carboxylic acids is 2. The third-order valence-electron chi connectivity index (χ3n) is 5.05. The van der Waals surface area contributed by atoms with Crippen LogP contribution in [0, 0.1) is 11.8 Å². The maximum absolute atomic E-state index is 12.8. The standard InChI is InChI=1S/C17H21ClN2O3/c1-20(14-4-10-7-16(21)19-9-12(10)5-14)17(22)11-3-13(18)8-15(6-11)23-2/h3,6,8,10,12,14H,4-5,7,9H2,1-2H3,(H,19,21)/t10-,12+,14-/m1/s1. The van der Waals surface area contributed by atoms with Gasteiger partial charge in [-0.25, -0.2) is 0 Å². The van der Waals surface area contributed by atoms with Gasteiger partial charge in [0, 0.05) is 36.6 Å². The Labute approximate surface area is 140 Å². The molecule has 0 spiro atoms. The first-order valence-corrected chi connectivity index (χ1v) is 8.24. The second-order valence-corrected chi connectivity index (χ2v) is 6.89. The van der Waals surface area contributed by atoms with E-state index in [0.717, 1.165) is 19.4 Å². The van der Waals surface area contributed by atoms with Crippen molar-refractivity contribution in [3.05, 3.63) is 28.8 Å². The lowest BCUT2D eigenvalue weighted by Gasteiger charge is -2.25. The number of piperidine rings is 1. The molecular formula is C17H21ClN2O3. The van der Waals surface area contributed by atoms with Crippen LogP contribution in [0.25, 0.3) is 0 Å². The van der Waals surface area contributed by atoms with Crippen molar-refractivity contribution in [3.8, 4) is 5.75 Å². The Morgan fingerprint density at radius 1 is 1.30 bits per heavy atom. The van der Waals surface area contributed by atoms with E-state index in [9.17, 15) is 9.59 Å². The number of hydrogen-bond donors (Lipinski definition) is 1. The van der Waals surface area contributed by atoms with Gasteiger partial charge in [-0.1, -0.05) is 11.6 Å². The molecule has 0 bridgehead atoms. The molecule has 1 aliphatic heterocycles. The highest BCUT2D eigenvalue weighted by atomic mass is 35.5. The van der Waals surface area contributed by atoms with Crippen molar-refractivity contribution in [2.75, 3.05) is 20.7 Å². The van der Waals surface area contributed by atoms with E-state index in [1.165, 1.54) is 0 Å². The number of amides is 2. The molecule has 1 aliphatic carbocycles. The molecule has 5 nitrogen and oxygen atoms in total. The summed E-state index contributed by atoms with van der Waals surface area (Å²) >= 11 is 6.06. The van der Waals surface area contributed by atoms with Gasteiger partial charge in [0.05, 0.1) is 7.11 Å². The van der Waals surface area contributed by atoms with Gasteiger partial charge >= 0.3 is 0 Å². The number of rotatable bonds is 3. The van der Waals surface area contributed by atoms with Gasteiger partial charge in [-0.15, -0.1) is 0 Å². The van der Waals surface area contributed by atoms with Crippen molar-refractivity contribution in [2.45, 2.75) is 25.3 Å². The van der Waals surface area contributed by atoms with E-state index < -0.39 is 0 Å². The minimum atomic E-state index is -0.0614. The summed E-state index contributed by atoms with van der Waals surface area (Å²) in [5.74, 6) is 1.50. The van der Waals surface area contributed by atoms with E-state index in [0.29, 0.717) is 34.6 Å². The van der Waals surface area contributed by atoms with Crippen molar-refractivity contribution in [1.82, 2.24) is 10.2 Å². The molecule has 1 aromatic rings. The molecule has 3 atom stereocenters. The van der Waals surface area contributed by atoms with Gasteiger partial charge in [0.2, 0.25) is 5.91 Å². The topological polar surface area (TPSA) is 58.6 Å². The van der Waals surface area contributed by atoms with E-state index in [1.54, 1.807) is 30.2 Å². The molecule has 1 saturated heterocycles. The van der Waals surface area contributed by atoms with Crippen LogP contribution in [0.1, 0.15) is 29.6 Å². The monoisotopic (exact) mass is 336 g/mol. The van der Waals surface area contributed by atoms with Crippen LogP contribution in [0.5, 0.6) is 5.75 Å². The van der Waals surface area contributed by atoms with Crippen LogP contribution < -0.4 is 10.1 Å². The summed E-state index contributed by atoms with van der Waals surface area (Å²) in [7, 11) is 3.38. The fourth-order valence-corrected chi connectivity index (χ4v) is 3.95. The summed E-state index contributed by atoms with van der Waals surface area (Å²) in [6, 6.07) is 5.21. The van der Waals surface area contributed by atoms with Crippen molar-refractivity contribution >= 4 is 23.4 Å². The molecular weight excluding hydrogens is 316 g/mol. The van der Waals surface area contributed by atoms with Gasteiger partial charge in [0.25, 0.3) is 5.91 Å². The highest BCUT2D eigenvalue weighted by Gasteiger charge is 2.40. The third-order valence-corrected chi connectivity index (χ3v) is 5.27. The largest absolute Gasteiger partial charge is 0.497 e. The number of nitrogens with one attached hydrogen (secondary N) is 1. The van der Waals surface area contributed by atoms with Gasteiger partial charge in [0.15, 0.2) is 0 Å². The summed E-state index contributed by atoms with van der Waals surface area (Å²) in [6.07, 6.45) is 2.40.